The molecule has 82 valence electrons. The van der Waals surface area contributed by atoms with Crippen LogP contribution in [0.4, 0.5) is 8.78 Å². The Hall–Kier alpha value is -0.960. The standard InChI is InChI=1S/C12H14F2O/c1-7-2-3-9-10(12(15)4-7)5-8(13)6-11(9)14/h5-7,12,15H,2-4H2,1H3. The molecule has 0 bridgehead atoms. The van der Waals surface area contributed by atoms with Crippen molar-refractivity contribution in [2.24, 2.45) is 5.92 Å². The second-order valence-corrected chi connectivity index (χ2v) is 4.35. The summed E-state index contributed by atoms with van der Waals surface area (Å²) in [5.74, 6) is -0.798. The highest BCUT2D eigenvalue weighted by Crippen LogP contribution is 2.33. The summed E-state index contributed by atoms with van der Waals surface area (Å²) < 4.78 is 26.5. The van der Waals surface area contributed by atoms with Crippen molar-refractivity contribution >= 4 is 0 Å². The van der Waals surface area contributed by atoms with Gasteiger partial charge in [-0.15, -0.1) is 0 Å². The molecule has 0 fully saturated rings. The Morgan fingerprint density at radius 1 is 1.33 bits per heavy atom. The van der Waals surface area contributed by atoms with E-state index in [9.17, 15) is 13.9 Å². The van der Waals surface area contributed by atoms with Crippen LogP contribution in [0, 0.1) is 17.6 Å². The van der Waals surface area contributed by atoms with Crippen molar-refractivity contribution in [2.75, 3.05) is 0 Å². The lowest BCUT2D eigenvalue weighted by atomic mass is 9.99. The maximum absolute atomic E-state index is 13.5. The van der Waals surface area contributed by atoms with Crippen molar-refractivity contribution in [1.82, 2.24) is 0 Å². The smallest absolute Gasteiger partial charge is 0.129 e. The first-order valence-corrected chi connectivity index (χ1v) is 5.24. The summed E-state index contributed by atoms with van der Waals surface area (Å²) in [5.41, 5.74) is 0.908. The van der Waals surface area contributed by atoms with Gasteiger partial charge in [0.15, 0.2) is 0 Å². The van der Waals surface area contributed by atoms with Crippen molar-refractivity contribution in [1.29, 1.82) is 0 Å². The van der Waals surface area contributed by atoms with Gasteiger partial charge in [-0.25, -0.2) is 8.78 Å². The minimum Gasteiger partial charge on any atom is -0.388 e. The first kappa shape index (κ1) is 10.6. The fraction of sp³-hybridized carbons (Fsp3) is 0.500. The molecule has 1 N–H and O–H groups in total. The summed E-state index contributed by atoms with van der Waals surface area (Å²) in [6, 6.07) is 2.14. The number of aliphatic hydroxyl groups excluding tert-OH is 1. The zero-order valence-electron chi connectivity index (χ0n) is 8.63. The highest BCUT2D eigenvalue weighted by molar-refractivity contribution is 5.32. The van der Waals surface area contributed by atoms with E-state index in [0.717, 1.165) is 12.5 Å². The Labute approximate surface area is 87.7 Å². The summed E-state index contributed by atoms with van der Waals surface area (Å²) in [6.07, 6.45) is 1.27. The minimum absolute atomic E-state index is 0.342. The first-order chi connectivity index (χ1) is 7.08. The Bertz CT molecular complexity index is 376. The molecular weight excluding hydrogens is 198 g/mol. The van der Waals surface area contributed by atoms with E-state index in [0.29, 0.717) is 29.9 Å². The van der Waals surface area contributed by atoms with E-state index in [1.165, 1.54) is 6.07 Å². The van der Waals surface area contributed by atoms with Gasteiger partial charge in [0.25, 0.3) is 0 Å². The SMILES string of the molecule is CC1CCc2c(F)cc(F)cc2C(O)C1. The third kappa shape index (κ3) is 2.02. The molecule has 0 aliphatic heterocycles. The number of hydrogen-bond donors (Lipinski definition) is 1. The van der Waals surface area contributed by atoms with Crippen LogP contribution in [0.5, 0.6) is 0 Å². The van der Waals surface area contributed by atoms with Gasteiger partial charge < -0.3 is 5.11 Å². The Morgan fingerprint density at radius 2 is 2.07 bits per heavy atom. The van der Waals surface area contributed by atoms with Crippen LogP contribution in [-0.4, -0.2) is 5.11 Å². The second-order valence-electron chi connectivity index (χ2n) is 4.35. The predicted octanol–water partition coefficient (Wildman–Crippen LogP) is 2.97. The zero-order valence-corrected chi connectivity index (χ0v) is 8.63. The molecule has 2 rings (SSSR count). The average molecular weight is 212 g/mol. The number of fused-ring (bicyclic) bond motifs is 1. The van der Waals surface area contributed by atoms with Crippen LogP contribution < -0.4 is 0 Å². The van der Waals surface area contributed by atoms with Crippen LogP contribution in [-0.2, 0) is 6.42 Å². The molecule has 3 heteroatoms. The van der Waals surface area contributed by atoms with Crippen LogP contribution in [0.15, 0.2) is 12.1 Å². The molecule has 15 heavy (non-hydrogen) atoms. The molecule has 1 aromatic rings. The molecule has 0 spiro atoms. The van der Waals surface area contributed by atoms with E-state index in [4.69, 9.17) is 0 Å². The second kappa shape index (κ2) is 3.89. The highest BCUT2D eigenvalue weighted by Gasteiger charge is 2.23. The van der Waals surface area contributed by atoms with Crippen molar-refractivity contribution < 1.29 is 13.9 Å². The summed E-state index contributed by atoms with van der Waals surface area (Å²) in [4.78, 5) is 0. The summed E-state index contributed by atoms with van der Waals surface area (Å²) >= 11 is 0. The molecule has 1 aliphatic carbocycles. The van der Waals surface area contributed by atoms with Crippen molar-refractivity contribution in [2.45, 2.75) is 32.3 Å². The van der Waals surface area contributed by atoms with E-state index in [-0.39, 0.29) is 0 Å². The van der Waals surface area contributed by atoms with E-state index in [1.807, 2.05) is 6.92 Å². The molecule has 2 unspecified atom stereocenters. The molecule has 0 saturated heterocycles. The summed E-state index contributed by atoms with van der Waals surface area (Å²) in [6.45, 7) is 2.02. The number of rotatable bonds is 0. The van der Waals surface area contributed by atoms with E-state index in [1.54, 1.807) is 0 Å². The average Bonchev–Trinajstić information content (AvgIpc) is 2.27. The molecule has 0 amide bonds. The molecule has 0 radical (unpaired) electrons. The normalized spacial score (nSPS) is 25.9. The Balaban J connectivity index is 2.48. The molecule has 2 atom stereocenters. The highest BCUT2D eigenvalue weighted by atomic mass is 19.1. The molecule has 0 aromatic heterocycles. The van der Waals surface area contributed by atoms with E-state index >= 15 is 0 Å². The topological polar surface area (TPSA) is 20.2 Å². The maximum Gasteiger partial charge on any atom is 0.129 e. The number of aliphatic hydroxyl groups is 1. The monoisotopic (exact) mass is 212 g/mol. The molecule has 0 saturated carbocycles. The first-order valence-electron chi connectivity index (χ1n) is 5.24. The molecule has 1 aromatic carbocycles. The van der Waals surface area contributed by atoms with Gasteiger partial charge in [0, 0.05) is 6.07 Å². The quantitative estimate of drug-likeness (QED) is 0.655. The van der Waals surface area contributed by atoms with Gasteiger partial charge in [-0.3, -0.25) is 0 Å². The van der Waals surface area contributed by atoms with Crippen LogP contribution in [0.25, 0.3) is 0 Å². The number of halogens is 2. The number of hydrogen-bond acceptors (Lipinski definition) is 1. The fourth-order valence-electron chi connectivity index (χ4n) is 2.20. The molecular formula is C12H14F2O. The lowest BCUT2D eigenvalue weighted by Crippen LogP contribution is -2.03. The van der Waals surface area contributed by atoms with Gasteiger partial charge >= 0.3 is 0 Å². The van der Waals surface area contributed by atoms with E-state index < -0.39 is 17.7 Å². The summed E-state index contributed by atoms with van der Waals surface area (Å²) in [7, 11) is 0. The Morgan fingerprint density at radius 3 is 2.80 bits per heavy atom. The lowest BCUT2D eigenvalue weighted by Gasteiger charge is -2.13. The molecule has 1 aliphatic rings. The molecule has 0 heterocycles. The predicted molar refractivity (Wildman–Crippen MR) is 53.4 cm³/mol. The maximum atomic E-state index is 13.5. The van der Waals surface area contributed by atoms with Gasteiger partial charge in [0.2, 0.25) is 0 Å². The van der Waals surface area contributed by atoms with Crippen molar-refractivity contribution in [3.8, 4) is 0 Å². The summed E-state index contributed by atoms with van der Waals surface area (Å²) in [5, 5.41) is 9.83. The molecule has 1 nitrogen and oxygen atoms in total. The van der Waals surface area contributed by atoms with Crippen LogP contribution in [0.1, 0.15) is 37.0 Å². The van der Waals surface area contributed by atoms with Gasteiger partial charge in [0.05, 0.1) is 6.10 Å². The van der Waals surface area contributed by atoms with E-state index in [2.05, 4.69) is 0 Å². The van der Waals surface area contributed by atoms with Crippen molar-refractivity contribution in [3.05, 3.63) is 34.9 Å². The van der Waals surface area contributed by atoms with Gasteiger partial charge in [-0.05, 0) is 42.4 Å². The van der Waals surface area contributed by atoms with Gasteiger partial charge in [-0.2, -0.15) is 0 Å². The van der Waals surface area contributed by atoms with Crippen LogP contribution >= 0.6 is 0 Å². The zero-order chi connectivity index (χ0) is 11.0. The largest absolute Gasteiger partial charge is 0.388 e. The third-order valence-corrected chi connectivity index (χ3v) is 3.07. The third-order valence-electron chi connectivity index (χ3n) is 3.07. The van der Waals surface area contributed by atoms with Crippen LogP contribution in [0.2, 0.25) is 0 Å². The van der Waals surface area contributed by atoms with Gasteiger partial charge in [0.1, 0.15) is 11.6 Å². The Kier molecular flexibility index (Phi) is 2.74. The van der Waals surface area contributed by atoms with Gasteiger partial charge in [-0.1, -0.05) is 6.92 Å². The number of benzene rings is 1. The minimum atomic E-state index is -0.734. The van der Waals surface area contributed by atoms with Crippen molar-refractivity contribution in [3.63, 3.8) is 0 Å². The fourth-order valence-corrected chi connectivity index (χ4v) is 2.20. The lowest BCUT2D eigenvalue weighted by molar-refractivity contribution is 0.149. The van der Waals surface area contributed by atoms with Crippen LogP contribution in [0.3, 0.4) is 0 Å².